The Kier molecular flexibility index (Phi) is 5.33. The number of anilines is 1. The molecule has 2 fully saturated rings. The fourth-order valence-electron chi connectivity index (χ4n) is 5.35. The van der Waals surface area contributed by atoms with Gasteiger partial charge in [0.05, 0.1) is 12.3 Å². The number of rotatable bonds is 6. The molecule has 0 aromatic heterocycles. The van der Waals surface area contributed by atoms with Crippen molar-refractivity contribution in [2.45, 2.75) is 43.7 Å². The van der Waals surface area contributed by atoms with Gasteiger partial charge in [-0.1, -0.05) is 36.4 Å². The topological polar surface area (TPSA) is 52.7 Å². The van der Waals surface area contributed by atoms with Crippen LogP contribution in [0.3, 0.4) is 0 Å². The molecule has 1 aliphatic carbocycles. The summed E-state index contributed by atoms with van der Waals surface area (Å²) in [4.78, 5) is 4.97. The number of aryl methyl sites for hydroxylation is 1. The average molecular weight is 426 g/mol. The van der Waals surface area contributed by atoms with Crippen LogP contribution in [0.25, 0.3) is 0 Å². The third-order valence-electron chi connectivity index (χ3n) is 6.99. The van der Waals surface area contributed by atoms with Crippen molar-refractivity contribution in [1.29, 1.82) is 0 Å². The Morgan fingerprint density at radius 3 is 2.50 bits per heavy atom. The van der Waals surface area contributed by atoms with E-state index in [2.05, 4.69) is 63.1 Å². The fraction of sp³-hybridized carbons (Fsp3) is 0.500. The zero-order chi connectivity index (χ0) is 20.7. The van der Waals surface area contributed by atoms with Crippen LogP contribution in [0.15, 0.2) is 48.5 Å². The lowest BCUT2D eigenvalue weighted by Gasteiger charge is -2.46. The molecule has 1 N–H and O–H groups in total. The summed E-state index contributed by atoms with van der Waals surface area (Å²) in [6.45, 7) is 3.95. The molecule has 2 aromatic carbocycles. The highest BCUT2D eigenvalue weighted by Gasteiger charge is 2.37. The smallest absolute Gasteiger partial charge is 0.209 e. The molecule has 5 nitrogen and oxygen atoms in total. The van der Waals surface area contributed by atoms with Gasteiger partial charge in [0.1, 0.15) is 0 Å². The van der Waals surface area contributed by atoms with E-state index in [0.29, 0.717) is 12.0 Å². The number of benzene rings is 2. The number of fused-ring (bicyclic) bond motifs is 1. The number of hydrogen-bond donors (Lipinski definition) is 1. The number of nitrogens with one attached hydrogen (secondary N) is 1. The maximum absolute atomic E-state index is 11.5. The van der Waals surface area contributed by atoms with Gasteiger partial charge >= 0.3 is 0 Å². The molecule has 6 heteroatoms. The van der Waals surface area contributed by atoms with E-state index in [1.54, 1.807) is 0 Å². The van der Waals surface area contributed by atoms with Crippen LogP contribution in [0.1, 0.15) is 35.4 Å². The van der Waals surface area contributed by atoms with Gasteiger partial charge in [0.2, 0.25) is 10.0 Å². The van der Waals surface area contributed by atoms with Crippen LogP contribution in [-0.2, 0) is 22.9 Å². The predicted molar refractivity (Wildman–Crippen MR) is 122 cm³/mol. The van der Waals surface area contributed by atoms with Crippen molar-refractivity contribution in [3.8, 4) is 0 Å². The summed E-state index contributed by atoms with van der Waals surface area (Å²) in [7, 11) is -3.14. The highest BCUT2D eigenvalue weighted by atomic mass is 32.2. The van der Waals surface area contributed by atoms with Crippen molar-refractivity contribution in [3.05, 3.63) is 65.2 Å². The molecule has 2 aromatic rings. The highest BCUT2D eigenvalue weighted by Crippen LogP contribution is 2.40. The van der Waals surface area contributed by atoms with Crippen molar-refractivity contribution in [3.63, 3.8) is 0 Å². The van der Waals surface area contributed by atoms with Crippen molar-refractivity contribution in [2.75, 3.05) is 37.3 Å². The molecule has 0 saturated carbocycles. The number of hydrogen-bond acceptors (Lipinski definition) is 4. The van der Waals surface area contributed by atoms with E-state index < -0.39 is 10.0 Å². The standard InChI is InChI=1S/C24H31N3O2S/c1-30(28,29)25-20-16-27(17-20)21-10-8-19-9-11-24(26-12-5-13-26)23(22(19)15-21)14-18-6-3-2-4-7-18/h2-4,6-8,10,15,20,23-25H,5,9,11-14,16-17H2,1H3. The van der Waals surface area contributed by atoms with Gasteiger partial charge in [-0.15, -0.1) is 0 Å². The predicted octanol–water partition coefficient (Wildman–Crippen LogP) is 2.77. The van der Waals surface area contributed by atoms with Crippen molar-refractivity contribution >= 4 is 15.7 Å². The van der Waals surface area contributed by atoms with Gasteiger partial charge in [0.15, 0.2) is 0 Å². The minimum atomic E-state index is -3.14. The van der Waals surface area contributed by atoms with E-state index in [4.69, 9.17) is 0 Å². The molecule has 2 heterocycles. The van der Waals surface area contributed by atoms with E-state index in [1.807, 2.05) is 0 Å². The van der Waals surface area contributed by atoms with Crippen molar-refractivity contribution in [2.24, 2.45) is 0 Å². The Morgan fingerprint density at radius 1 is 1.07 bits per heavy atom. The summed E-state index contributed by atoms with van der Waals surface area (Å²) in [5.74, 6) is 0.516. The first-order valence-electron chi connectivity index (χ1n) is 11.1. The number of sulfonamides is 1. The van der Waals surface area contributed by atoms with Crippen molar-refractivity contribution < 1.29 is 8.42 Å². The van der Waals surface area contributed by atoms with E-state index in [0.717, 1.165) is 25.9 Å². The maximum Gasteiger partial charge on any atom is 0.209 e. The summed E-state index contributed by atoms with van der Waals surface area (Å²) in [5, 5.41) is 0. The van der Waals surface area contributed by atoms with Gasteiger partial charge < -0.3 is 4.90 Å². The normalized spacial score (nSPS) is 24.8. The molecular weight excluding hydrogens is 394 g/mol. The maximum atomic E-state index is 11.5. The van der Waals surface area contributed by atoms with Crippen LogP contribution in [0.4, 0.5) is 5.69 Å². The Bertz CT molecular complexity index is 998. The monoisotopic (exact) mass is 425 g/mol. The van der Waals surface area contributed by atoms with Gasteiger partial charge in [0, 0.05) is 30.7 Å². The molecule has 5 rings (SSSR count). The summed E-state index contributed by atoms with van der Waals surface area (Å²) in [5.41, 5.74) is 5.62. The second-order valence-electron chi connectivity index (χ2n) is 9.17. The quantitative estimate of drug-likeness (QED) is 0.773. The highest BCUT2D eigenvalue weighted by molar-refractivity contribution is 7.88. The van der Waals surface area contributed by atoms with Gasteiger partial charge in [-0.2, -0.15) is 0 Å². The minimum absolute atomic E-state index is 0.0185. The summed E-state index contributed by atoms with van der Waals surface area (Å²) in [6, 6.07) is 18.4. The molecule has 2 atom stereocenters. The van der Waals surface area contributed by atoms with Crippen LogP contribution < -0.4 is 9.62 Å². The second kappa shape index (κ2) is 7.98. The van der Waals surface area contributed by atoms with Crippen LogP contribution in [-0.4, -0.2) is 57.8 Å². The molecule has 160 valence electrons. The molecule has 0 radical (unpaired) electrons. The Hall–Kier alpha value is -1.89. The molecule has 3 aliphatic rings. The second-order valence-corrected chi connectivity index (χ2v) is 10.9. The van der Waals surface area contributed by atoms with Crippen LogP contribution in [0.2, 0.25) is 0 Å². The van der Waals surface area contributed by atoms with E-state index in [1.165, 1.54) is 54.6 Å². The summed E-state index contributed by atoms with van der Waals surface area (Å²) < 4.78 is 25.7. The number of likely N-dealkylation sites (tertiary alicyclic amines) is 1. The summed E-state index contributed by atoms with van der Waals surface area (Å²) >= 11 is 0. The molecule has 0 bridgehead atoms. The van der Waals surface area contributed by atoms with Gasteiger partial charge in [0.25, 0.3) is 0 Å². The van der Waals surface area contributed by atoms with Crippen LogP contribution >= 0.6 is 0 Å². The first-order chi connectivity index (χ1) is 14.5. The van der Waals surface area contributed by atoms with Gasteiger partial charge in [-0.25, -0.2) is 13.1 Å². The summed E-state index contributed by atoms with van der Waals surface area (Å²) in [6.07, 6.45) is 6.04. The van der Waals surface area contributed by atoms with Gasteiger partial charge in [-0.05, 0) is 67.6 Å². The first kappa shape index (κ1) is 20.0. The Labute approximate surface area is 180 Å². The van der Waals surface area contributed by atoms with Gasteiger partial charge in [-0.3, -0.25) is 4.90 Å². The van der Waals surface area contributed by atoms with Crippen LogP contribution in [0, 0.1) is 0 Å². The first-order valence-corrected chi connectivity index (χ1v) is 13.0. The van der Waals surface area contributed by atoms with Crippen LogP contribution in [0.5, 0.6) is 0 Å². The molecule has 2 saturated heterocycles. The SMILES string of the molecule is CS(=O)(=O)NC1CN(c2ccc3c(c2)C(Cc2ccccc2)C(N2CCC2)CC3)C1. The lowest BCUT2D eigenvalue weighted by atomic mass is 9.74. The lowest BCUT2D eigenvalue weighted by Crippen LogP contribution is -2.59. The number of nitrogens with zero attached hydrogens (tertiary/aromatic N) is 2. The largest absolute Gasteiger partial charge is 0.368 e. The minimum Gasteiger partial charge on any atom is -0.368 e. The zero-order valence-electron chi connectivity index (χ0n) is 17.6. The zero-order valence-corrected chi connectivity index (χ0v) is 18.4. The van der Waals surface area contributed by atoms with E-state index in [9.17, 15) is 8.42 Å². The molecule has 0 spiro atoms. The fourth-order valence-corrected chi connectivity index (χ4v) is 6.11. The Balaban J connectivity index is 1.39. The third-order valence-corrected chi connectivity index (χ3v) is 7.75. The lowest BCUT2D eigenvalue weighted by molar-refractivity contribution is 0.0877. The molecule has 30 heavy (non-hydrogen) atoms. The average Bonchev–Trinajstić information content (AvgIpc) is 2.64. The van der Waals surface area contributed by atoms with E-state index >= 15 is 0 Å². The van der Waals surface area contributed by atoms with E-state index in [-0.39, 0.29) is 6.04 Å². The Morgan fingerprint density at radius 2 is 1.83 bits per heavy atom. The molecule has 2 unspecified atom stereocenters. The van der Waals surface area contributed by atoms with Crippen molar-refractivity contribution in [1.82, 2.24) is 9.62 Å². The third kappa shape index (κ3) is 4.13. The molecular formula is C24H31N3O2S. The molecule has 0 amide bonds. The molecule has 2 aliphatic heterocycles.